The number of carbonyl (C=O) groups is 1. The number of hydrogen-bond acceptors (Lipinski definition) is 3. The first-order chi connectivity index (χ1) is 8.69. The van der Waals surface area contributed by atoms with Gasteiger partial charge in [0.05, 0.1) is 12.7 Å². The Bertz CT molecular complexity index is 529. The first kappa shape index (κ1) is 12.2. The lowest BCUT2D eigenvalue weighted by molar-refractivity contribution is 0.0601. The van der Waals surface area contributed by atoms with Gasteiger partial charge in [0, 0.05) is 31.7 Å². The Labute approximate surface area is 106 Å². The predicted octanol–water partition coefficient (Wildman–Crippen LogP) is 2.42. The number of ether oxygens (including phenoxy) is 1. The van der Waals surface area contributed by atoms with Gasteiger partial charge in [0.25, 0.3) is 0 Å². The molecule has 2 aromatic rings. The first-order valence-corrected chi connectivity index (χ1v) is 5.72. The molecule has 4 nitrogen and oxygen atoms in total. The summed E-state index contributed by atoms with van der Waals surface area (Å²) in [6.07, 6.45) is 4.08. The standard InChI is InChI=1S/C14H16N2O2/c1-16-8-7-11(10-16)9-15-13-5-3-12(4-6-13)14(17)18-2/h3-8,10,15H,9H2,1-2H3. The molecule has 0 aliphatic rings. The zero-order chi connectivity index (χ0) is 13.0. The zero-order valence-electron chi connectivity index (χ0n) is 10.5. The number of nitrogens with zero attached hydrogens (tertiary/aromatic N) is 1. The summed E-state index contributed by atoms with van der Waals surface area (Å²) in [5, 5.41) is 3.29. The Hall–Kier alpha value is -2.23. The molecule has 0 atom stereocenters. The molecule has 0 saturated heterocycles. The number of aryl methyl sites for hydroxylation is 1. The summed E-state index contributed by atoms with van der Waals surface area (Å²) >= 11 is 0. The van der Waals surface area contributed by atoms with E-state index in [-0.39, 0.29) is 5.97 Å². The molecule has 1 N–H and O–H groups in total. The maximum atomic E-state index is 11.3. The van der Waals surface area contributed by atoms with E-state index in [4.69, 9.17) is 0 Å². The van der Waals surface area contributed by atoms with Crippen LogP contribution in [0.15, 0.2) is 42.7 Å². The number of aromatic nitrogens is 1. The Morgan fingerprint density at radius 2 is 2.00 bits per heavy atom. The molecule has 1 aromatic carbocycles. The topological polar surface area (TPSA) is 43.3 Å². The molecule has 18 heavy (non-hydrogen) atoms. The van der Waals surface area contributed by atoms with Crippen molar-refractivity contribution in [2.75, 3.05) is 12.4 Å². The minimum atomic E-state index is -0.315. The van der Waals surface area contributed by atoms with Gasteiger partial charge in [-0.25, -0.2) is 4.79 Å². The van der Waals surface area contributed by atoms with Crippen molar-refractivity contribution in [3.63, 3.8) is 0 Å². The highest BCUT2D eigenvalue weighted by atomic mass is 16.5. The van der Waals surface area contributed by atoms with Gasteiger partial charge < -0.3 is 14.6 Å². The van der Waals surface area contributed by atoms with Crippen molar-refractivity contribution in [2.45, 2.75) is 6.54 Å². The van der Waals surface area contributed by atoms with E-state index >= 15 is 0 Å². The van der Waals surface area contributed by atoms with Gasteiger partial charge in [-0.2, -0.15) is 0 Å². The van der Waals surface area contributed by atoms with Crippen LogP contribution in [0.25, 0.3) is 0 Å². The molecule has 0 aliphatic heterocycles. The predicted molar refractivity (Wildman–Crippen MR) is 70.5 cm³/mol. The molecule has 1 heterocycles. The summed E-state index contributed by atoms with van der Waals surface area (Å²) in [4.78, 5) is 11.3. The van der Waals surface area contributed by atoms with E-state index in [1.165, 1.54) is 12.7 Å². The van der Waals surface area contributed by atoms with Gasteiger partial charge >= 0.3 is 5.97 Å². The molecule has 0 aliphatic carbocycles. The molecular weight excluding hydrogens is 228 g/mol. The smallest absolute Gasteiger partial charge is 0.337 e. The van der Waals surface area contributed by atoms with Gasteiger partial charge in [0.15, 0.2) is 0 Å². The number of rotatable bonds is 4. The SMILES string of the molecule is COC(=O)c1ccc(NCc2ccn(C)c2)cc1. The molecule has 4 heteroatoms. The lowest BCUT2D eigenvalue weighted by Gasteiger charge is -2.05. The summed E-state index contributed by atoms with van der Waals surface area (Å²) in [6.45, 7) is 0.762. The molecular formula is C14H16N2O2. The normalized spacial score (nSPS) is 10.1. The Balaban J connectivity index is 1.96. The monoisotopic (exact) mass is 244 g/mol. The van der Waals surface area contributed by atoms with Gasteiger partial charge in [-0.15, -0.1) is 0 Å². The van der Waals surface area contributed by atoms with E-state index in [0.29, 0.717) is 5.56 Å². The third-order valence-corrected chi connectivity index (χ3v) is 2.70. The largest absolute Gasteiger partial charge is 0.465 e. The van der Waals surface area contributed by atoms with E-state index in [1.807, 2.05) is 29.9 Å². The van der Waals surface area contributed by atoms with Gasteiger partial charge in [-0.1, -0.05) is 0 Å². The van der Waals surface area contributed by atoms with Gasteiger partial charge in [-0.3, -0.25) is 0 Å². The van der Waals surface area contributed by atoms with Crippen molar-refractivity contribution in [1.82, 2.24) is 4.57 Å². The fourth-order valence-electron chi connectivity index (χ4n) is 1.71. The molecule has 0 radical (unpaired) electrons. The van der Waals surface area contributed by atoms with Crippen molar-refractivity contribution < 1.29 is 9.53 Å². The van der Waals surface area contributed by atoms with Crippen LogP contribution in [0.4, 0.5) is 5.69 Å². The lowest BCUT2D eigenvalue weighted by atomic mass is 10.2. The summed E-state index contributed by atoms with van der Waals surface area (Å²) < 4.78 is 6.66. The fourth-order valence-corrected chi connectivity index (χ4v) is 1.71. The van der Waals surface area contributed by atoms with Crippen LogP contribution in [0.5, 0.6) is 0 Å². The van der Waals surface area contributed by atoms with E-state index in [0.717, 1.165) is 12.2 Å². The molecule has 0 bridgehead atoms. The molecule has 1 aromatic heterocycles. The first-order valence-electron chi connectivity index (χ1n) is 5.72. The highest BCUT2D eigenvalue weighted by Gasteiger charge is 2.04. The minimum absolute atomic E-state index is 0.315. The average Bonchev–Trinajstić information content (AvgIpc) is 2.82. The van der Waals surface area contributed by atoms with E-state index in [2.05, 4.69) is 22.3 Å². The third kappa shape index (κ3) is 2.91. The number of nitrogens with one attached hydrogen (secondary N) is 1. The summed E-state index contributed by atoms with van der Waals surface area (Å²) in [5.41, 5.74) is 2.75. The summed E-state index contributed by atoms with van der Waals surface area (Å²) in [5.74, 6) is -0.315. The number of carbonyl (C=O) groups excluding carboxylic acids is 1. The molecule has 94 valence electrons. The van der Waals surface area contributed by atoms with Crippen molar-refractivity contribution >= 4 is 11.7 Å². The number of methoxy groups -OCH3 is 1. The Kier molecular flexibility index (Phi) is 3.67. The van der Waals surface area contributed by atoms with Gasteiger partial charge in [0.2, 0.25) is 0 Å². The van der Waals surface area contributed by atoms with Crippen LogP contribution in [0.1, 0.15) is 15.9 Å². The number of benzene rings is 1. The van der Waals surface area contributed by atoms with Gasteiger partial charge in [-0.05, 0) is 35.9 Å². The van der Waals surface area contributed by atoms with E-state index in [1.54, 1.807) is 12.1 Å². The van der Waals surface area contributed by atoms with Crippen LogP contribution < -0.4 is 5.32 Å². The van der Waals surface area contributed by atoms with Crippen LogP contribution in [0.2, 0.25) is 0 Å². The summed E-state index contributed by atoms with van der Waals surface area (Å²) in [7, 11) is 3.37. The fraction of sp³-hybridized carbons (Fsp3) is 0.214. The highest BCUT2D eigenvalue weighted by Crippen LogP contribution is 2.12. The quantitative estimate of drug-likeness (QED) is 0.840. The maximum Gasteiger partial charge on any atom is 0.337 e. The third-order valence-electron chi connectivity index (χ3n) is 2.70. The van der Waals surface area contributed by atoms with Crippen LogP contribution in [-0.2, 0) is 18.3 Å². The molecule has 0 unspecified atom stereocenters. The maximum absolute atomic E-state index is 11.3. The zero-order valence-corrected chi connectivity index (χ0v) is 10.5. The van der Waals surface area contributed by atoms with Gasteiger partial charge in [0.1, 0.15) is 0 Å². The van der Waals surface area contributed by atoms with Crippen LogP contribution in [-0.4, -0.2) is 17.6 Å². The molecule has 0 spiro atoms. The van der Waals surface area contributed by atoms with Crippen molar-refractivity contribution in [3.8, 4) is 0 Å². The van der Waals surface area contributed by atoms with Crippen molar-refractivity contribution in [2.24, 2.45) is 7.05 Å². The number of hydrogen-bond donors (Lipinski definition) is 1. The van der Waals surface area contributed by atoms with Crippen LogP contribution in [0.3, 0.4) is 0 Å². The highest BCUT2D eigenvalue weighted by molar-refractivity contribution is 5.89. The molecule has 0 amide bonds. The van der Waals surface area contributed by atoms with E-state index < -0.39 is 0 Å². The summed E-state index contributed by atoms with van der Waals surface area (Å²) in [6, 6.07) is 9.30. The molecule has 2 rings (SSSR count). The second-order valence-corrected chi connectivity index (χ2v) is 4.11. The minimum Gasteiger partial charge on any atom is -0.465 e. The van der Waals surface area contributed by atoms with Crippen LogP contribution >= 0.6 is 0 Å². The van der Waals surface area contributed by atoms with E-state index in [9.17, 15) is 4.79 Å². The Morgan fingerprint density at radius 3 is 2.56 bits per heavy atom. The number of esters is 1. The number of anilines is 1. The molecule has 0 saturated carbocycles. The second-order valence-electron chi connectivity index (χ2n) is 4.11. The Morgan fingerprint density at radius 1 is 1.28 bits per heavy atom. The average molecular weight is 244 g/mol. The second kappa shape index (κ2) is 5.40. The lowest BCUT2D eigenvalue weighted by Crippen LogP contribution is -2.02. The van der Waals surface area contributed by atoms with Crippen molar-refractivity contribution in [3.05, 3.63) is 53.9 Å². The van der Waals surface area contributed by atoms with Crippen LogP contribution in [0, 0.1) is 0 Å². The van der Waals surface area contributed by atoms with Crippen molar-refractivity contribution in [1.29, 1.82) is 0 Å². The molecule has 0 fully saturated rings.